The Morgan fingerprint density at radius 3 is 2.73 bits per heavy atom. The van der Waals surface area contributed by atoms with Gasteiger partial charge >= 0.3 is 13.7 Å². The number of hydrogen-bond acceptors (Lipinski definition) is 8. The number of amidine groups is 1. The average Bonchev–Trinajstić information content (AvgIpc) is 3.25. The topological polar surface area (TPSA) is 142 Å². The van der Waals surface area contributed by atoms with Gasteiger partial charge in [-0.05, 0) is 50.0 Å². The Morgan fingerprint density at radius 2 is 2.08 bits per heavy atom. The molecular weight excluding hydrogens is 535 g/mol. The molecule has 1 aromatic carbocycles. The Hall–Kier alpha value is -3.24. The van der Waals surface area contributed by atoms with Crippen molar-refractivity contribution in [2.24, 2.45) is 16.1 Å². The molecule has 3 N–H and O–H groups in total. The fourth-order valence-corrected chi connectivity index (χ4v) is 5.84. The summed E-state index contributed by atoms with van der Waals surface area (Å²) in [4.78, 5) is 29.7. The average molecular weight is 575 g/mol. The Kier molecular flexibility index (Phi) is 11.3. The van der Waals surface area contributed by atoms with Gasteiger partial charge in [-0.2, -0.15) is 5.09 Å². The number of carbonyl (C=O) groups is 2. The Balaban J connectivity index is 1.67. The van der Waals surface area contributed by atoms with E-state index < -0.39 is 37.5 Å². The maximum Gasteiger partial charge on any atom is 0.459 e. The van der Waals surface area contributed by atoms with Crippen molar-refractivity contribution >= 4 is 26.0 Å². The van der Waals surface area contributed by atoms with E-state index in [-0.39, 0.29) is 19.0 Å². The molecule has 11 nitrogen and oxygen atoms in total. The first-order chi connectivity index (χ1) is 19.0. The molecule has 0 radical (unpaired) electrons. The molecule has 4 atom stereocenters. The minimum atomic E-state index is -4.07. The van der Waals surface area contributed by atoms with Crippen LogP contribution in [0.4, 0.5) is 0 Å². The first-order valence-corrected chi connectivity index (χ1v) is 14.7. The van der Waals surface area contributed by atoms with Crippen LogP contribution in [0.1, 0.15) is 40.0 Å². The molecule has 0 saturated carbocycles. The van der Waals surface area contributed by atoms with E-state index in [4.69, 9.17) is 24.3 Å². The van der Waals surface area contributed by atoms with Crippen LogP contribution in [0.2, 0.25) is 0 Å². The Labute approximate surface area is 235 Å². The molecular formula is C28H39N4O7P. The Bertz CT molecular complexity index is 1180. The first-order valence-electron chi connectivity index (χ1n) is 13.1. The molecule has 1 aliphatic heterocycles. The van der Waals surface area contributed by atoms with Gasteiger partial charge in [-0.25, -0.2) is 4.57 Å². The SMILES string of the molecule is C/N=C(N)\C=C/N(C=O)C1OC(COP(=O)(NC(C)C(=O)OCC2=CCCC=C2)Oc2ccccc2)CC1(C)C. The third kappa shape index (κ3) is 9.16. The van der Waals surface area contributed by atoms with Gasteiger partial charge in [-0.15, -0.1) is 0 Å². The van der Waals surface area contributed by atoms with Crippen LogP contribution in [0.15, 0.2) is 71.4 Å². The van der Waals surface area contributed by atoms with Gasteiger partial charge in [-0.3, -0.25) is 24.0 Å². The van der Waals surface area contributed by atoms with Crippen molar-refractivity contribution in [2.75, 3.05) is 20.3 Å². The van der Waals surface area contributed by atoms with Crippen LogP contribution in [0.3, 0.4) is 0 Å². The fourth-order valence-electron chi connectivity index (χ4n) is 4.32. The third-order valence-corrected chi connectivity index (χ3v) is 8.01. The smallest absolute Gasteiger partial charge is 0.459 e. The molecule has 1 heterocycles. The summed E-state index contributed by atoms with van der Waals surface area (Å²) < 4.78 is 36.9. The minimum Gasteiger partial charge on any atom is -0.460 e. The molecule has 4 unspecified atom stereocenters. The zero-order valence-electron chi connectivity index (χ0n) is 23.4. The molecule has 40 heavy (non-hydrogen) atoms. The number of esters is 1. The molecule has 1 aromatic rings. The number of rotatable bonds is 14. The van der Waals surface area contributed by atoms with Crippen LogP contribution < -0.4 is 15.3 Å². The number of para-hydroxylation sites is 1. The highest BCUT2D eigenvalue weighted by Crippen LogP contribution is 2.47. The van der Waals surface area contributed by atoms with Crippen molar-refractivity contribution in [3.05, 3.63) is 66.4 Å². The Morgan fingerprint density at radius 1 is 1.32 bits per heavy atom. The highest BCUT2D eigenvalue weighted by molar-refractivity contribution is 7.52. The van der Waals surface area contributed by atoms with Crippen molar-refractivity contribution < 1.29 is 32.7 Å². The van der Waals surface area contributed by atoms with Crippen molar-refractivity contribution in [1.82, 2.24) is 9.99 Å². The van der Waals surface area contributed by atoms with Gasteiger partial charge in [0.1, 0.15) is 30.5 Å². The van der Waals surface area contributed by atoms with Crippen LogP contribution in [0.5, 0.6) is 5.75 Å². The predicted molar refractivity (Wildman–Crippen MR) is 152 cm³/mol. The van der Waals surface area contributed by atoms with Crippen molar-refractivity contribution in [2.45, 2.75) is 58.4 Å². The van der Waals surface area contributed by atoms with Crippen LogP contribution >= 0.6 is 7.75 Å². The number of aliphatic imine (C=N–C) groups is 1. The number of nitrogens with two attached hydrogens (primary N) is 1. The van der Waals surface area contributed by atoms with Crippen LogP contribution in [0.25, 0.3) is 0 Å². The summed E-state index contributed by atoms with van der Waals surface area (Å²) in [6.07, 6.45) is 10.8. The maximum atomic E-state index is 13.9. The number of nitrogens with zero attached hydrogens (tertiary/aromatic N) is 2. The largest absolute Gasteiger partial charge is 0.460 e. The quantitative estimate of drug-likeness (QED) is 0.110. The molecule has 0 bridgehead atoms. The second-order valence-corrected chi connectivity index (χ2v) is 11.9. The van der Waals surface area contributed by atoms with Gasteiger partial charge in [0.05, 0.1) is 12.7 Å². The van der Waals surface area contributed by atoms with Crippen LogP contribution in [0, 0.1) is 5.41 Å². The standard InChI is InChI=1S/C28H39N4O7P/c1-21(26(34)36-18-22-11-7-5-8-12-22)31-40(35,39-23-13-9-6-10-14-23)37-19-24-17-28(2,3)27(38-24)32(20-33)16-15-25(29)30-4/h6-7,9-16,20-21,24,27H,5,8,17-19H2,1-4H3,(H2,29,30)(H,31,35)/b16-15-. The fraction of sp³-hybridized carbons (Fsp3) is 0.464. The second kappa shape index (κ2) is 14.4. The normalized spacial score (nSPS) is 22.8. The second-order valence-electron chi connectivity index (χ2n) is 10.2. The number of nitrogens with one attached hydrogen (secondary N) is 1. The molecule has 2 aliphatic rings. The summed E-state index contributed by atoms with van der Waals surface area (Å²) in [6, 6.07) is 7.53. The predicted octanol–water partition coefficient (Wildman–Crippen LogP) is 4.09. The molecule has 1 aliphatic carbocycles. The summed E-state index contributed by atoms with van der Waals surface area (Å²) in [5.41, 5.74) is 6.16. The van der Waals surface area contributed by atoms with Gasteiger partial charge in [-0.1, -0.05) is 50.3 Å². The molecule has 1 saturated heterocycles. The lowest BCUT2D eigenvalue weighted by molar-refractivity contribution is -0.144. The number of ether oxygens (including phenoxy) is 2. The van der Waals surface area contributed by atoms with Gasteiger partial charge in [0, 0.05) is 18.7 Å². The number of carbonyl (C=O) groups excluding carboxylic acids is 2. The molecule has 12 heteroatoms. The van der Waals surface area contributed by atoms with E-state index in [0.717, 1.165) is 18.4 Å². The maximum absolute atomic E-state index is 13.9. The van der Waals surface area contributed by atoms with Crippen molar-refractivity contribution in [3.63, 3.8) is 0 Å². The minimum absolute atomic E-state index is 0.120. The lowest BCUT2D eigenvalue weighted by Gasteiger charge is -2.31. The summed E-state index contributed by atoms with van der Waals surface area (Å²) in [5.74, 6) is -0.0384. The zero-order valence-corrected chi connectivity index (χ0v) is 24.3. The van der Waals surface area contributed by atoms with Crippen LogP contribution in [-0.2, 0) is 28.2 Å². The summed E-state index contributed by atoms with van der Waals surface area (Å²) >= 11 is 0. The monoisotopic (exact) mass is 574 g/mol. The highest BCUT2D eigenvalue weighted by Gasteiger charge is 2.45. The summed E-state index contributed by atoms with van der Waals surface area (Å²) in [5, 5.41) is 2.70. The van der Waals surface area contributed by atoms with E-state index in [1.807, 2.05) is 32.1 Å². The third-order valence-electron chi connectivity index (χ3n) is 6.37. The summed E-state index contributed by atoms with van der Waals surface area (Å²) in [6.45, 7) is 5.43. The highest BCUT2D eigenvalue weighted by atomic mass is 31.2. The summed E-state index contributed by atoms with van der Waals surface area (Å²) in [7, 11) is -2.52. The zero-order chi connectivity index (χ0) is 29.2. The van der Waals surface area contributed by atoms with E-state index in [9.17, 15) is 14.2 Å². The first kappa shape index (κ1) is 31.3. The lowest BCUT2D eigenvalue weighted by Crippen LogP contribution is -2.39. The molecule has 3 rings (SSSR count). The van der Waals surface area contributed by atoms with E-state index in [0.29, 0.717) is 18.6 Å². The molecule has 0 spiro atoms. The van der Waals surface area contributed by atoms with E-state index >= 15 is 0 Å². The number of benzene rings is 1. The molecule has 0 aromatic heterocycles. The number of hydrogen-bond donors (Lipinski definition) is 2. The van der Waals surface area contributed by atoms with E-state index in [2.05, 4.69) is 10.1 Å². The van der Waals surface area contributed by atoms with Gasteiger partial charge < -0.3 is 19.7 Å². The lowest BCUT2D eigenvalue weighted by atomic mass is 9.87. The van der Waals surface area contributed by atoms with Gasteiger partial charge in [0.15, 0.2) is 0 Å². The number of allylic oxidation sites excluding steroid dienone is 2. The van der Waals surface area contributed by atoms with Crippen molar-refractivity contribution in [3.8, 4) is 5.75 Å². The number of amides is 1. The van der Waals surface area contributed by atoms with Crippen LogP contribution in [-0.4, -0.2) is 61.8 Å². The van der Waals surface area contributed by atoms with Gasteiger partial charge in [0.2, 0.25) is 6.41 Å². The molecule has 1 amide bonds. The van der Waals surface area contributed by atoms with Crippen molar-refractivity contribution in [1.29, 1.82) is 0 Å². The molecule has 1 fully saturated rings. The van der Waals surface area contributed by atoms with Gasteiger partial charge in [0.25, 0.3) is 0 Å². The van der Waals surface area contributed by atoms with E-state index in [1.165, 1.54) is 24.1 Å². The van der Waals surface area contributed by atoms with E-state index in [1.54, 1.807) is 37.4 Å². The molecule has 218 valence electrons.